The van der Waals surface area contributed by atoms with Crippen LogP contribution in [0.4, 0.5) is 0 Å². The van der Waals surface area contributed by atoms with Crippen molar-refractivity contribution in [2.75, 3.05) is 13.2 Å². The van der Waals surface area contributed by atoms with Crippen molar-refractivity contribution < 1.29 is 9.53 Å². The first-order valence-electron chi connectivity index (χ1n) is 8.45. The van der Waals surface area contributed by atoms with Crippen LogP contribution in [0.2, 0.25) is 0 Å². The fourth-order valence-corrected chi connectivity index (χ4v) is 3.61. The second-order valence-electron chi connectivity index (χ2n) is 6.39. The minimum Gasteiger partial charge on any atom is -0.371 e. The monoisotopic (exact) mass is 324 g/mol. The molecular weight excluding hydrogens is 304 g/mol. The molecule has 0 spiro atoms. The molecule has 2 aliphatic rings. The van der Waals surface area contributed by atoms with Gasteiger partial charge in [0, 0.05) is 12.2 Å². The van der Waals surface area contributed by atoms with Gasteiger partial charge < -0.3 is 15.0 Å². The summed E-state index contributed by atoms with van der Waals surface area (Å²) >= 11 is 0. The van der Waals surface area contributed by atoms with Crippen molar-refractivity contribution >= 4 is 5.91 Å². The van der Waals surface area contributed by atoms with Crippen LogP contribution in [-0.2, 0) is 24.0 Å². The summed E-state index contributed by atoms with van der Waals surface area (Å²) in [4.78, 5) is 27.4. The van der Waals surface area contributed by atoms with Gasteiger partial charge in [0.1, 0.15) is 11.7 Å². The van der Waals surface area contributed by atoms with Crippen LogP contribution in [0.3, 0.4) is 0 Å². The van der Waals surface area contributed by atoms with Crippen molar-refractivity contribution in [3.8, 4) is 0 Å². The molecule has 0 radical (unpaired) electrons. The molecule has 0 fully saturated rings. The highest BCUT2D eigenvalue weighted by atomic mass is 16.5. The topological polar surface area (TPSA) is 71.2 Å². The number of rotatable bonds is 3. The number of H-pyrrole nitrogens is 1. The maximum atomic E-state index is 12.4. The third-order valence-corrected chi connectivity index (χ3v) is 4.87. The van der Waals surface area contributed by atoms with Crippen LogP contribution in [0.15, 0.2) is 35.1 Å². The maximum absolute atomic E-state index is 12.4. The molecule has 1 aromatic carbocycles. The molecule has 0 saturated carbocycles. The number of hydrogen-bond acceptors (Lipinski definition) is 3. The number of hydrogen-bond donors (Lipinski definition) is 2. The minimum absolute atomic E-state index is 0.160. The van der Waals surface area contributed by atoms with Crippen LogP contribution in [0.25, 0.3) is 0 Å². The van der Waals surface area contributed by atoms with E-state index in [4.69, 9.17) is 4.74 Å². The summed E-state index contributed by atoms with van der Waals surface area (Å²) in [6, 6.07) is 9.87. The van der Waals surface area contributed by atoms with Crippen molar-refractivity contribution in [3.63, 3.8) is 0 Å². The molecule has 24 heavy (non-hydrogen) atoms. The Kier molecular flexibility index (Phi) is 3.94. The predicted molar refractivity (Wildman–Crippen MR) is 90.3 cm³/mol. The molecule has 5 nitrogen and oxygen atoms in total. The first kappa shape index (κ1) is 15.1. The number of fused-ring (bicyclic) bond motifs is 2. The number of aryl methyl sites for hydroxylation is 2. The van der Waals surface area contributed by atoms with Crippen LogP contribution in [0.5, 0.6) is 0 Å². The summed E-state index contributed by atoms with van der Waals surface area (Å²) in [5, 5.41) is 2.86. The normalized spacial score (nSPS) is 18.8. The van der Waals surface area contributed by atoms with E-state index in [1.54, 1.807) is 6.07 Å². The quantitative estimate of drug-likeness (QED) is 0.906. The lowest BCUT2D eigenvalue weighted by atomic mass is 9.97. The van der Waals surface area contributed by atoms with Gasteiger partial charge in [0.25, 0.3) is 11.5 Å². The van der Waals surface area contributed by atoms with E-state index in [2.05, 4.69) is 16.4 Å². The van der Waals surface area contributed by atoms with E-state index < -0.39 is 0 Å². The molecule has 1 amide bonds. The van der Waals surface area contributed by atoms with Gasteiger partial charge >= 0.3 is 0 Å². The lowest BCUT2D eigenvalue weighted by Crippen LogP contribution is -2.35. The lowest BCUT2D eigenvalue weighted by molar-refractivity contribution is 0.0411. The highest BCUT2D eigenvalue weighted by molar-refractivity contribution is 5.94. The van der Waals surface area contributed by atoms with E-state index in [-0.39, 0.29) is 23.1 Å². The largest absolute Gasteiger partial charge is 0.371 e. The lowest BCUT2D eigenvalue weighted by Gasteiger charge is -2.26. The van der Waals surface area contributed by atoms with Crippen molar-refractivity contribution in [2.24, 2.45) is 0 Å². The smallest absolute Gasteiger partial charge is 0.261 e. The second kappa shape index (κ2) is 6.24. The molecule has 2 heterocycles. The molecule has 1 aromatic heterocycles. The zero-order valence-corrected chi connectivity index (χ0v) is 13.4. The predicted octanol–water partition coefficient (Wildman–Crippen LogP) is 1.91. The summed E-state index contributed by atoms with van der Waals surface area (Å²) in [5.74, 6) is -0.336. The van der Waals surface area contributed by atoms with Crippen LogP contribution in [0.1, 0.15) is 45.3 Å². The first-order valence-corrected chi connectivity index (χ1v) is 8.45. The molecule has 1 atom stereocenters. The Morgan fingerprint density at radius 2 is 2.08 bits per heavy atom. The van der Waals surface area contributed by atoms with Crippen molar-refractivity contribution in [3.05, 3.63) is 68.6 Å². The molecular formula is C19H20N2O3. The van der Waals surface area contributed by atoms with E-state index >= 15 is 0 Å². The summed E-state index contributed by atoms with van der Waals surface area (Å²) in [6.45, 7) is 1.02. The molecule has 0 saturated heterocycles. The van der Waals surface area contributed by atoms with Crippen molar-refractivity contribution in [1.82, 2.24) is 10.3 Å². The molecule has 0 bridgehead atoms. The van der Waals surface area contributed by atoms with Gasteiger partial charge in [-0.3, -0.25) is 9.59 Å². The molecule has 5 heteroatoms. The van der Waals surface area contributed by atoms with Crippen LogP contribution in [-0.4, -0.2) is 24.0 Å². The molecule has 124 valence electrons. The number of nitrogens with one attached hydrogen (secondary N) is 2. The van der Waals surface area contributed by atoms with Gasteiger partial charge in [0.15, 0.2) is 0 Å². The van der Waals surface area contributed by atoms with Gasteiger partial charge in [-0.1, -0.05) is 24.3 Å². The highest BCUT2D eigenvalue weighted by Gasteiger charge is 2.22. The van der Waals surface area contributed by atoms with Gasteiger partial charge in [0.05, 0.1) is 6.61 Å². The number of amides is 1. The Bertz CT molecular complexity index is 841. The fourth-order valence-electron chi connectivity index (χ4n) is 3.61. The Hall–Kier alpha value is -2.40. The molecule has 2 N–H and O–H groups in total. The van der Waals surface area contributed by atoms with Crippen LogP contribution in [0, 0.1) is 0 Å². The summed E-state index contributed by atoms with van der Waals surface area (Å²) in [5.41, 5.74) is 4.32. The molecule has 1 aliphatic heterocycles. The number of carbonyl (C=O) groups excluding carboxylic acids is 1. The summed E-state index contributed by atoms with van der Waals surface area (Å²) < 4.78 is 5.79. The number of carbonyl (C=O) groups is 1. The van der Waals surface area contributed by atoms with Crippen molar-refractivity contribution in [1.29, 1.82) is 0 Å². The molecule has 2 aromatic rings. The Morgan fingerprint density at radius 3 is 3.00 bits per heavy atom. The number of ether oxygens (including phenoxy) is 1. The SMILES string of the molecule is O=C(NCC1OCCc2ccccc21)c1cc2c([nH]c1=O)CCC2. The van der Waals surface area contributed by atoms with Gasteiger partial charge in [-0.05, 0) is 48.4 Å². The van der Waals surface area contributed by atoms with E-state index in [9.17, 15) is 9.59 Å². The Labute approximate surface area is 140 Å². The zero-order valence-electron chi connectivity index (χ0n) is 13.4. The summed E-state index contributed by atoms with van der Waals surface area (Å²) in [6.07, 6.45) is 3.58. The zero-order chi connectivity index (χ0) is 16.5. The van der Waals surface area contributed by atoms with E-state index in [1.165, 1.54) is 5.56 Å². The van der Waals surface area contributed by atoms with Gasteiger partial charge in [0.2, 0.25) is 0 Å². The molecule has 1 aliphatic carbocycles. The van der Waals surface area contributed by atoms with Gasteiger partial charge in [-0.15, -0.1) is 0 Å². The maximum Gasteiger partial charge on any atom is 0.261 e. The van der Waals surface area contributed by atoms with Crippen molar-refractivity contribution in [2.45, 2.75) is 31.8 Å². The number of aromatic amines is 1. The molecule has 1 unspecified atom stereocenters. The third kappa shape index (κ3) is 2.76. The van der Waals surface area contributed by atoms with Crippen LogP contribution < -0.4 is 10.9 Å². The molecule has 4 rings (SSSR count). The Morgan fingerprint density at radius 1 is 1.21 bits per heavy atom. The van der Waals surface area contributed by atoms with Gasteiger partial charge in [-0.2, -0.15) is 0 Å². The summed E-state index contributed by atoms with van der Waals surface area (Å²) in [7, 11) is 0. The van der Waals surface area contributed by atoms with E-state index in [1.807, 2.05) is 18.2 Å². The first-order chi connectivity index (χ1) is 11.7. The average Bonchev–Trinajstić information content (AvgIpc) is 3.06. The standard InChI is InChI=1S/C19H20N2O3/c22-18(15-10-13-5-3-7-16(13)21-19(15)23)20-11-17-14-6-2-1-4-12(14)8-9-24-17/h1-2,4,6,10,17H,3,5,7-9,11H2,(H,20,22)(H,21,23). The minimum atomic E-state index is -0.336. The van der Waals surface area contributed by atoms with Crippen LogP contribution >= 0.6 is 0 Å². The average molecular weight is 324 g/mol. The van der Waals surface area contributed by atoms with Gasteiger partial charge in [-0.25, -0.2) is 0 Å². The number of benzene rings is 1. The van der Waals surface area contributed by atoms with E-state index in [0.29, 0.717) is 13.2 Å². The number of aromatic nitrogens is 1. The number of pyridine rings is 1. The van der Waals surface area contributed by atoms with E-state index in [0.717, 1.165) is 42.5 Å². The second-order valence-corrected chi connectivity index (χ2v) is 6.39. The Balaban J connectivity index is 1.49. The fraction of sp³-hybridized carbons (Fsp3) is 0.368. The highest BCUT2D eigenvalue weighted by Crippen LogP contribution is 2.26. The third-order valence-electron chi connectivity index (χ3n) is 4.87.